The maximum Gasteiger partial charge on any atom is 0.123 e. The summed E-state index contributed by atoms with van der Waals surface area (Å²) in [6.45, 7) is 4.06. The van der Waals surface area contributed by atoms with Crippen molar-refractivity contribution in [3.63, 3.8) is 0 Å². The van der Waals surface area contributed by atoms with Crippen molar-refractivity contribution in [2.45, 2.75) is 18.9 Å². The average Bonchev–Trinajstić information content (AvgIpc) is 3.20. The minimum absolute atomic E-state index is 0.185. The third kappa shape index (κ3) is 2.53. The maximum absolute atomic E-state index is 13.5. The lowest BCUT2D eigenvalue weighted by molar-refractivity contribution is 0.156. The molecule has 0 bridgehead atoms. The Morgan fingerprint density at radius 2 is 2.00 bits per heavy atom. The van der Waals surface area contributed by atoms with Gasteiger partial charge in [0.15, 0.2) is 0 Å². The van der Waals surface area contributed by atoms with Crippen molar-refractivity contribution < 1.29 is 4.39 Å². The van der Waals surface area contributed by atoms with Crippen LogP contribution in [0.1, 0.15) is 24.4 Å². The number of hydrogen-bond acceptors (Lipinski definition) is 2. The summed E-state index contributed by atoms with van der Waals surface area (Å²) in [6, 6.07) is 5.04. The van der Waals surface area contributed by atoms with E-state index in [0.717, 1.165) is 31.7 Å². The van der Waals surface area contributed by atoms with Crippen LogP contribution in [0.4, 0.5) is 4.39 Å². The summed E-state index contributed by atoms with van der Waals surface area (Å²) in [5.41, 5.74) is 0.973. The van der Waals surface area contributed by atoms with E-state index in [2.05, 4.69) is 10.2 Å². The van der Waals surface area contributed by atoms with Crippen molar-refractivity contribution in [2.75, 3.05) is 26.2 Å². The van der Waals surface area contributed by atoms with E-state index in [1.54, 1.807) is 12.1 Å². The lowest BCUT2D eigenvalue weighted by Gasteiger charge is -2.35. The molecule has 0 spiro atoms. The average molecular weight is 269 g/mol. The van der Waals surface area contributed by atoms with Crippen molar-refractivity contribution in [3.05, 3.63) is 34.6 Å². The molecule has 0 amide bonds. The number of benzene rings is 1. The summed E-state index contributed by atoms with van der Waals surface area (Å²) in [7, 11) is 0. The fraction of sp³-hybridized carbons (Fsp3) is 0.571. The van der Waals surface area contributed by atoms with Crippen LogP contribution in [0.5, 0.6) is 0 Å². The summed E-state index contributed by atoms with van der Waals surface area (Å²) < 4.78 is 13.5. The van der Waals surface area contributed by atoms with Gasteiger partial charge in [0.25, 0.3) is 0 Å². The SMILES string of the molecule is Fc1ccc(Cl)c([C@@H](C2CC2)N2CCNCC2)c1. The number of hydrogen-bond donors (Lipinski definition) is 1. The molecule has 0 unspecified atom stereocenters. The normalized spacial score (nSPS) is 23.0. The molecule has 1 heterocycles. The van der Waals surface area contributed by atoms with Gasteiger partial charge in [0, 0.05) is 37.2 Å². The van der Waals surface area contributed by atoms with Crippen LogP contribution in [-0.4, -0.2) is 31.1 Å². The molecule has 3 rings (SSSR count). The molecule has 0 radical (unpaired) electrons. The number of rotatable bonds is 3. The molecule has 4 heteroatoms. The lowest BCUT2D eigenvalue weighted by atomic mass is 9.99. The second kappa shape index (κ2) is 5.16. The molecule has 1 aromatic rings. The minimum atomic E-state index is -0.185. The standard InChI is InChI=1S/C14H18ClFN2/c15-13-4-3-11(16)9-12(13)14(10-1-2-10)18-7-5-17-6-8-18/h3-4,9-10,14,17H,1-2,5-8H2/t14-/m1/s1. The Labute approximate surface area is 112 Å². The van der Waals surface area contributed by atoms with Crippen LogP contribution in [0, 0.1) is 11.7 Å². The van der Waals surface area contributed by atoms with Crippen molar-refractivity contribution in [1.82, 2.24) is 10.2 Å². The van der Waals surface area contributed by atoms with E-state index in [0.29, 0.717) is 17.0 Å². The van der Waals surface area contributed by atoms with Gasteiger partial charge < -0.3 is 5.32 Å². The van der Waals surface area contributed by atoms with E-state index < -0.39 is 0 Å². The molecule has 2 aliphatic rings. The van der Waals surface area contributed by atoms with E-state index >= 15 is 0 Å². The van der Waals surface area contributed by atoms with E-state index in [1.807, 2.05) is 0 Å². The molecule has 1 aromatic carbocycles. The molecule has 2 fully saturated rings. The van der Waals surface area contributed by atoms with E-state index in [9.17, 15) is 4.39 Å². The zero-order valence-corrected chi connectivity index (χ0v) is 11.1. The molecule has 1 atom stereocenters. The van der Waals surface area contributed by atoms with Crippen LogP contribution >= 0.6 is 11.6 Å². The molecule has 1 aliphatic carbocycles. The first-order chi connectivity index (χ1) is 8.75. The maximum atomic E-state index is 13.5. The van der Waals surface area contributed by atoms with Crippen LogP contribution in [0.15, 0.2) is 18.2 Å². The predicted molar refractivity (Wildman–Crippen MR) is 71.3 cm³/mol. The fourth-order valence-corrected chi connectivity index (χ4v) is 3.09. The Kier molecular flexibility index (Phi) is 3.55. The van der Waals surface area contributed by atoms with Crippen molar-refractivity contribution in [3.8, 4) is 0 Å². The Hall–Kier alpha value is -0.640. The number of piperazine rings is 1. The van der Waals surface area contributed by atoms with Gasteiger partial charge in [0.05, 0.1) is 0 Å². The molecule has 1 aliphatic heterocycles. The Morgan fingerprint density at radius 1 is 1.28 bits per heavy atom. The Balaban J connectivity index is 1.90. The van der Waals surface area contributed by atoms with Gasteiger partial charge in [-0.25, -0.2) is 4.39 Å². The molecular weight excluding hydrogens is 251 g/mol. The molecule has 18 heavy (non-hydrogen) atoms. The first kappa shape index (κ1) is 12.4. The lowest BCUT2D eigenvalue weighted by Crippen LogP contribution is -2.45. The van der Waals surface area contributed by atoms with Gasteiger partial charge in [-0.3, -0.25) is 4.90 Å². The van der Waals surface area contributed by atoms with E-state index in [4.69, 9.17) is 11.6 Å². The highest BCUT2D eigenvalue weighted by Crippen LogP contribution is 2.46. The number of nitrogens with one attached hydrogen (secondary N) is 1. The largest absolute Gasteiger partial charge is 0.314 e. The smallest absolute Gasteiger partial charge is 0.123 e. The Bertz CT molecular complexity index is 428. The third-order valence-electron chi connectivity index (χ3n) is 3.89. The summed E-state index contributed by atoms with van der Waals surface area (Å²) in [5, 5.41) is 4.06. The number of nitrogens with zero attached hydrogens (tertiary/aromatic N) is 1. The molecule has 1 saturated carbocycles. The van der Waals surface area contributed by atoms with E-state index in [-0.39, 0.29) is 5.82 Å². The minimum Gasteiger partial charge on any atom is -0.314 e. The highest BCUT2D eigenvalue weighted by atomic mass is 35.5. The monoisotopic (exact) mass is 268 g/mol. The zero-order valence-electron chi connectivity index (χ0n) is 10.3. The van der Waals surface area contributed by atoms with Gasteiger partial charge in [-0.15, -0.1) is 0 Å². The number of halogens is 2. The van der Waals surface area contributed by atoms with Crippen LogP contribution in [0.25, 0.3) is 0 Å². The third-order valence-corrected chi connectivity index (χ3v) is 4.23. The van der Waals surface area contributed by atoms with Gasteiger partial charge >= 0.3 is 0 Å². The molecule has 0 aromatic heterocycles. The molecular formula is C14H18ClFN2. The second-order valence-corrected chi connectivity index (χ2v) is 5.64. The molecule has 1 saturated heterocycles. The summed E-state index contributed by atoms with van der Waals surface area (Å²) >= 11 is 6.27. The highest BCUT2D eigenvalue weighted by molar-refractivity contribution is 6.31. The zero-order chi connectivity index (χ0) is 12.5. The van der Waals surface area contributed by atoms with Gasteiger partial charge in [0.1, 0.15) is 5.82 Å². The first-order valence-corrected chi connectivity index (χ1v) is 7.03. The van der Waals surface area contributed by atoms with Crippen LogP contribution < -0.4 is 5.32 Å². The quantitative estimate of drug-likeness (QED) is 0.907. The van der Waals surface area contributed by atoms with Crippen molar-refractivity contribution >= 4 is 11.6 Å². The molecule has 98 valence electrons. The predicted octanol–water partition coefficient (Wildman–Crippen LogP) is 2.84. The van der Waals surface area contributed by atoms with Crippen LogP contribution in [0.2, 0.25) is 5.02 Å². The van der Waals surface area contributed by atoms with E-state index in [1.165, 1.54) is 18.9 Å². The van der Waals surface area contributed by atoms with Crippen molar-refractivity contribution in [2.24, 2.45) is 5.92 Å². The first-order valence-electron chi connectivity index (χ1n) is 6.65. The Morgan fingerprint density at radius 3 is 2.67 bits per heavy atom. The van der Waals surface area contributed by atoms with Crippen LogP contribution in [0.3, 0.4) is 0 Å². The summed E-state index contributed by atoms with van der Waals surface area (Å²) in [4.78, 5) is 2.45. The second-order valence-electron chi connectivity index (χ2n) is 5.23. The fourth-order valence-electron chi connectivity index (χ4n) is 2.86. The van der Waals surface area contributed by atoms with Gasteiger partial charge in [-0.05, 0) is 42.5 Å². The van der Waals surface area contributed by atoms with Crippen LogP contribution in [-0.2, 0) is 0 Å². The van der Waals surface area contributed by atoms with Gasteiger partial charge in [-0.2, -0.15) is 0 Å². The highest BCUT2D eigenvalue weighted by Gasteiger charge is 2.37. The molecule has 2 nitrogen and oxygen atoms in total. The van der Waals surface area contributed by atoms with Gasteiger partial charge in [0.2, 0.25) is 0 Å². The summed E-state index contributed by atoms with van der Waals surface area (Å²) in [5.74, 6) is 0.470. The summed E-state index contributed by atoms with van der Waals surface area (Å²) in [6.07, 6.45) is 2.48. The van der Waals surface area contributed by atoms with Gasteiger partial charge in [-0.1, -0.05) is 11.6 Å². The van der Waals surface area contributed by atoms with Crippen molar-refractivity contribution in [1.29, 1.82) is 0 Å². The topological polar surface area (TPSA) is 15.3 Å². The molecule has 1 N–H and O–H groups in total.